The van der Waals surface area contributed by atoms with Gasteiger partial charge in [0.05, 0.1) is 21.8 Å². The molecule has 5 aromatic rings. The fourth-order valence-corrected chi connectivity index (χ4v) is 4.40. The number of nitrogens with zero attached hydrogens (tertiary/aromatic N) is 4. The largest absolute Gasteiger partial charge is 0.857 e. The van der Waals surface area contributed by atoms with Gasteiger partial charge < -0.3 is 10.8 Å². The van der Waals surface area contributed by atoms with Crippen molar-refractivity contribution in [3.05, 3.63) is 83.4 Å². The number of pyridine rings is 1. The van der Waals surface area contributed by atoms with Crippen LogP contribution in [0.5, 0.6) is 0 Å². The number of nitrogen functional groups attached to an aromatic ring is 1. The Labute approximate surface area is 194 Å². The minimum atomic E-state index is -4.70. The lowest BCUT2D eigenvalue weighted by atomic mass is 10.1. The van der Waals surface area contributed by atoms with Crippen LogP contribution in [-0.2, 0) is 6.18 Å². The second-order valence-electron chi connectivity index (χ2n) is 7.18. The maximum absolute atomic E-state index is 13.9. The van der Waals surface area contributed by atoms with E-state index in [9.17, 15) is 18.3 Å². The van der Waals surface area contributed by atoms with Gasteiger partial charge in [0.15, 0.2) is 0 Å². The van der Waals surface area contributed by atoms with Gasteiger partial charge in [-0.25, -0.2) is 9.98 Å². The monoisotopic (exact) mass is 481 g/mol. The van der Waals surface area contributed by atoms with Gasteiger partial charge in [-0.2, -0.15) is 13.2 Å². The van der Waals surface area contributed by atoms with Gasteiger partial charge in [-0.3, -0.25) is 4.52 Å². The van der Waals surface area contributed by atoms with Gasteiger partial charge in [-0.15, -0.1) is 11.3 Å². The molecule has 5 rings (SSSR count). The van der Waals surface area contributed by atoms with Gasteiger partial charge in [-0.1, -0.05) is 48.5 Å². The quantitative estimate of drug-likeness (QED) is 0.235. The molecule has 170 valence electrons. The number of rotatable bonds is 4. The van der Waals surface area contributed by atoms with Crippen LogP contribution in [0.3, 0.4) is 0 Å². The van der Waals surface area contributed by atoms with E-state index in [1.165, 1.54) is 10.9 Å². The summed E-state index contributed by atoms with van der Waals surface area (Å²) in [4.78, 5) is 8.00. The number of benzene rings is 2. The molecule has 3 aromatic heterocycles. The Bertz CT molecular complexity index is 1510. The average molecular weight is 481 g/mol. The molecule has 0 amide bonds. The van der Waals surface area contributed by atoms with Crippen LogP contribution in [-0.4, -0.2) is 16.2 Å². The number of halogens is 3. The molecule has 34 heavy (non-hydrogen) atoms. The molecule has 0 bridgehead atoms. The molecule has 0 unspecified atom stereocenters. The first kappa shape index (κ1) is 21.6. The number of anilines is 1. The average Bonchev–Trinajstić information content (AvgIpc) is 3.43. The van der Waals surface area contributed by atoms with Crippen LogP contribution in [0.1, 0.15) is 10.4 Å². The minimum Gasteiger partial charge on any atom is -0.857 e. The SMILES string of the molecule is Nc1c(/C([O-])=N/c2c[n+](-c3ccccc3)no2)sc2nc(-c3ccccc3)cc(C(F)(F)F)c12. The van der Waals surface area contributed by atoms with E-state index in [0.29, 0.717) is 11.3 Å². The van der Waals surface area contributed by atoms with Crippen molar-refractivity contribution in [1.29, 1.82) is 0 Å². The highest BCUT2D eigenvalue weighted by Crippen LogP contribution is 2.43. The summed E-state index contributed by atoms with van der Waals surface area (Å²) in [6.07, 6.45) is -3.33. The number of hydrogen-bond donors (Lipinski definition) is 1. The number of aliphatic imine (C=N–C) groups is 1. The summed E-state index contributed by atoms with van der Waals surface area (Å²) in [7, 11) is 0. The fourth-order valence-electron chi connectivity index (χ4n) is 3.40. The highest BCUT2D eigenvalue weighted by Gasteiger charge is 2.35. The molecule has 0 radical (unpaired) electrons. The molecule has 0 aliphatic carbocycles. The number of thiophene rings is 1. The molecule has 0 saturated heterocycles. The number of fused-ring (bicyclic) bond motifs is 1. The van der Waals surface area contributed by atoms with E-state index < -0.39 is 17.6 Å². The number of para-hydroxylation sites is 1. The van der Waals surface area contributed by atoms with Crippen molar-refractivity contribution in [3.8, 4) is 16.9 Å². The van der Waals surface area contributed by atoms with Crippen molar-refractivity contribution < 1.29 is 27.5 Å². The lowest BCUT2D eigenvalue weighted by Gasteiger charge is -2.12. The predicted molar refractivity (Wildman–Crippen MR) is 119 cm³/mol. The summed E-state index contributed by atoms with van der Waals surface area (Å²) < 4.78 is 48.1. The normalized spacial score (nSPS) is 12.4. The van der Waals surface area contributed by atoms with Crippen LogP contribution >= 0.6 is 11.3 Å². The van der Waals surface area contributed by atoms with E-state index >= 15 is 0 Å². The molecule has 11 heteroatoms. The minimum absolute atomic E-state index is 0.0124. The summed E-state index contributed by atoms with van der Waals surface area (Å²) in [6, 6.07) is 18.4. The second kappa shape index (κ2) is 8.27. The lowest BCUT2D eigenvalue weighted by Crippen LogP contribution is -2.30. The summed E-state index contributed by atoms with van der Waals surface area (Å²) in [5, 5.41) is 16.3. The number of aromatic nitrogens is 3. The van der Waals surface area contributed by atoms with E-state index in [-0.39, 0.29) is 32.4 Å². The molecule has 0 saturated carbocycles. The molecule has 0 aliphatic rings. The number of hydrogen-bond acceptors (Lipinski definition) is 7. The number of nitrogens with two attached hydrogens (primary N) is 1. The summed E-state index contributed by atoms with van der Waals surface area (Å²) in [5.41, 5.74) is 6.02. The van der Waals surface area contributed by atoms with Gasteiger partial charge in [0.2, 0.25) is 11.0 Å². The van der Waals surface area contributed by atoms with Crippen molar-refractivity contribution >= 4 is 39.0 Å². The Balaban J connectivity index is 1.60. The molecule has 0 atom stereocenters. The van der Waals surface area contributed by atoms with Crippen LogP contribution < -0.4 is 15.5 Å². The molecule has 2 aromatic carbocycles. The van der Waals surface area contributed by atoms with Crippen molar-refractivity contribution in [2.24, 2.45) is 4.99 Å². The lowest BCUT2D eigenvalue weighted by molar-refractivity contribution is -0.670. The van der Waals surface area contributed by atoms with E-state index in [1.54, 1.807) is 54.6 Å². The zero-order chi connectivity index (χ0) is 23.9. The zero-order valence-corrected chi connectivity index (χ0v) is 18.0. The Morgan fingerprint density at radius 1 is 1.06 bits per heavy atom. The van der Waals surface area contributed by atoms with Crippen LogP contribution in [0.15, 0.2) is 82.4 Å². The van der Waals surface area contributed by atoms with Crippen molar-refractivity contribution in [3.63, 3.8) is 0 Å². The fraction of sp³-hybridized carbons (Fsp3) is 0.0435. The molecule has 7 nitrogen and oxygen atoms in total. The molecule has 0 fully saturated rings. The van der Waals surface area contributed by atoms with E-state index in [0.717, 1.165) is 17.4 Å². The Morgan fingerprint density at radius 2 is 1.74 bits per heavy atom. The summed E-state index contributed by atoms with van der Waals surface area (Å²) in [5.74, 6) is -0.981. The van der Waals surface area contributed by atoms with Crippen molar-refractivity contribution in [1.82, 2.24) is 10.3 Å². The molecule has 0 aliphatic heterocycles. The third-order valence-corrected chi connectivity index (χ3v) is 6.04. The van der Waals surface area contributed by atoms with Gasteiger partial charge in [-0.05, 0) is 10.7 Å². The summed E-state index contributed by atoms with van der Waals surface area (Å²) in [6.45, 7) is 0. The van der Waals surface area contributed by atoms with E-state index in [4.69, 9.17) is 10.3 Å². The highest BCUT2D eigenvalue weighted by molar-refractivity contribution is 7.21. The predicted octanol–water partition coefficient (Wildman–Crippen LogP) is 4.27. The van der Waals surface area contributed by atoms with E-state index in [2.05, 4.69) is 15.2 Å². The van der Waals surface area contributed by atoms with Gasteiger partial charge in [0, 0.05) is 29.0 Å². The van der Waals surface area contributed by atoms with Crippen LogP contribution in [0, 0.1) is 0 Å². The van der Waals surface area contributed by atoms with Gasteiger partial charge >= 0.3 is 12.1 Å². The topological polar surface area (TPSA) is 104 Å². The maximum atomic E-state index is 13.9. The third kappa shape index (κ3) is 3.97. The molecule has 3 heterocycles. The standard InChI is InChI=1S/C23H14F3N5O2S/c24-23(25,26)15-11-16(13-7-3-1-4-8-13)28-22-18(15)19(27)20(34-22)21(32)29-17-12-31(30-33-17)14-9-5-2-6-10-14/h1-12H,(H2-,27,29,30,32). The zero-order valence-electron chi connectivity index (χ0n) is 17.2. The third-order valence-electron chi connectivity index (χ3n) is 4.96. The van der Waals surface area contributed by atoms with Crippen LogP contribution in [0.25, 0.3) is 27.2 Å². The maximum Gasteiger partial charge on any atom is 0.417 e. The first-order chi connectivity index (χ1) is 16.3. The Kier molecular flexibility index (Phi) is 5.25. The van der Waals surface area contributed by atoms with Gasteiger partial charge in [0.1, 0.15) is 4.83 Å². The van der Waals surface area contributed by atoms with Crippen LogP contribution in [0.4, 0.5) is 24.7 Å². The van der Waals surface area contributed by atoms with E-state index in [1.807, 2.05) is 6.07 Å². The second-order valence-corrected chi connectivity index (χ2v) is 8.18. The molecular weight excluding hydrogens is 467 g/mol. The molecule has 2 N–H and O–H groups in total. The number of alkyl halides is 3. The van der Waals surface area contributed by atoms with Crippen molar-refractivity contribution in [2.45, 2.75) is 6.18 Å². The molecule has 0 spiro atoms. The molecular formula is C23H14F3N5O2S. The van der Waals surface area contributed by atoms with Gasteiger partial charge in [0.25, 0.3) is 6.20 Å². The Morgan fingerprint density at radius 3 is 2.41 bits per heavy atom. The first-order valence-corrected chi connectivity index (χ1v) is 10.7. The Hall–Kier alpha value is -4.25. The van der Waals surface area contributed by atoms with Crippen molar-refractivity contribution in [2.75, 3.05) is 5.73 Å². The van der Waals surface area contributed by atoms with Crippen LogP contribution in [0.2, 0.25) is 0 Å². The smallest absolute Gasteiger partial charge is 0.417 e. The highest BCUT2D eigenvalue weighted by atomic mass is 32.1. The summed E-state index contributed by atoms with van der Waals surface area (Å²) >= 11 is 0.745. The first-order valence-electron chi connectivity index (χ1n) is 9.87.